The summed E-state index contributed by atoms with van der Waals surface area (Å²) in [6.45, 7) is 2.90. The highest BCUT2D eigenvalue weighted by Crippen LogP contribution is 2.43. The molecule has 8 aromatic rings. The van der Waals surface area contributed by atoms with Gasteiger partial charge in [-0.3, -0.25) is 0 Å². The summed E-state index contributed by atoms with van der Waals surface area (Å²) in [7, 11) is 0. The first kappa shape index (κ1) is 31.0. The molecule has 50 heavy (non-hydrogen) atoms. The van der Waals surface area contributed by atoms with Gasteiger partial charge in [0.1, 0.15) is 11.4 Å². The van der Waals surface area contributed by atoms with Crippen molar-refractivity contribution in [3.63, 3.8) is 0 Å². The van der Waals surface area contributed by atoms with Gasteiger partial charge in [-0.25, -0.2) is 9.67 Å². The average Bonchev–Trinajstić information content (AvgIpc) is 3.79. The molecule has 0 saturated heterocycles. The molecule has 0 aliphatic carbocycles. The molecule has 8 rings (SSSR count). The minimum Gasteiger partial charge on any atom is -0.399 e. The molecular formula is C43H37N7. The van der Waals surface area contributed by atoms with Gasteiger partial charge in [0.15, 0.2) is 5.82 Å². The van der Waals surface area contributed by atoms with Crippen LogP contribution < -0.4 is 5.73 Å². The van der Waals surface area contributed by atoms with Gasteiger partial charge in [0, 0.05) is 24.2 Å². The van der Waals surface area contributed by atoms with E-state index in [1.54, 1.807) is 0 Å². The van der Waals surface area contributed by atoms with Crippen LogP contribution in [0.4, 0.5) is 5.69 Å². The van der Waals surface area contributed by atoms with E-state index in [9.17, 15) is 0 Å². The monoisotopic (exact) mass is 651 g/mol. The van der Waals surface area contributed by atoms with Gasteiger partial charge < -0.3 is 10.3 Å². The summed E-state index contributed by atoms with van der Waals surface area (Å²) in [5.74, 6) is 1.75. The molecule has 0 saturated carbocycles. The second-order valence-electron chi connectivity index (χ2n) is 12.6. The number of benzene rings is 6. The van der Waals surface area contributed by atoms with Gasteiger partial charge in [0.05, 0.1) is 11.0 Å². The number of nitrogen functional groups attached to an aromatic ring is 1. The third-order valence-corrected chi connectivity index (χ3v) is 9.46. The molecule has 7 heteroatoms. The van der Waals surface area contributed by atoms with Crippen molar-refractivity contribution in [2.24, 2.45) is 0 Å². The van der Waals surface area contributed by atoms with E-state index < -0.39 is 5.54 Å². The maximum atomic E-state index is 6.19. The first-order valence-corrected chi connectivity index (χ1v) is 17.1. The fourth-order valence-corrected chi connectivity index (χ4v) is 7.17. The first-order chi connectivity index (χ1) is 24.7. The highest BCUT2D eigenvalue weighted by atomic mass is 15.6. The lowest BCUT2D eigenvalue weighted by molar-refractivity contribution is 0.451. The Labute approximate surface area is 291 Å². The minimum absolute atomic E-state index is 0.674. The number of rotatable bonds is 10. The number of hydrogen-bond donors (Lipinski definition) is 1. The molecule has 0 bridgehead atoms. The van der Waals surface area contributed by atoms with Crippen LogP contribution in [0.15, 0.2) is 158 Å². The van der Waals surface area contributed by atoms with E-state index in [4.69, 9.17) is 21.0 Å². The zero-order valence-electron chi connectivity index (χ0n) is 27.9. The molecule has 0 aliphatic heterocycles. The van der Waals surface area contributed by atoms with Crippen molar-refractivity contribution in [2.45, 2.75) is 31.8 Å². The summed E-state index contributed by atoms with van der Waals surface area (Å²) in [6.07, 6.45) is 1.93. The van der Waals surface area contributed by atoms with Crippen LogP contribution in [-0.2, 0) is 18.5 Å². The third kappa shape index (κ3) is 5.43. The van der Waals surface area contributed by atoms with Gasteiger partial charge in [-0.15, -0.1) is 5.10 Å². The lowest BCUT2D eigenvalue weighted by Crippen LogP contribution is -2.39. The Morgan fingerprint density at radius 3 is 1.82 bits per heavy atom. The predicted molar refractivity (Wildman–Crippen MR) is 201 cm³/mol. The number of imidazole rings is 1. The van der Waals surface area contributed by atoms with Gasteiger partial charge in [-0.1, -0.05) is 146 Å². The molecule has 0 fully saturated rings. The second kappa shape index (κ2) is 13.3. The molecule has 0 atom stereocenters. The van der Waals surface area contributed by atoms with Crippen LogP contribution in [-0.4, -0.2) is 29.8 Å². The molecular weight excluding hydrogens is 615 g/mol. The SMILES string of the molecule is CCCc1nc2ccc(N)cc2n1Cc1ccc(-c2ccccc2-c2nnnn2C(c2ccccc2)(c2ccccc2)c2ccccc2)cc1. The number of aryl methyl sites for hydroxylation is 1. The number of aromatic nitrogens is 6. The average molecular weight is 652 g/mol. The van der Waals surface area contributed by atoms with Crippen molar-refractivity contribution in [2.75, 3.05) is 5.73 Å². The Bertz CT molecular complexity index is 2260. The fourth-order valence-electron chi connectivity index (χ4n) is 7.17. The van der Waals surface area contributed by atoms with Crippen molar-refractivity contribution in [1.82, 2.24) is 29.8 Å². The van der Waals surface area contributed by atoms with Crippen LogP contribution in [0.1, 0.15) is 41.4 Å². The van der Waals surface area contributed by atoms with Gasteiger partial charge >= 0.3 is 0 Å². The summed E-state index contributed by atoms with van der Waals surface area (Å²) < 4.78 is 4.29. The summed E-state index contributed by atoms with van der Waals surface area (Å²) in [4.78, 5) is 4.92. The van der Waals surface area contributed by atoms with Crippen LogP contribution in [0.25, 0.3) is 33.5 Å². The standard InChI is InChI=1S/C43H37N7/c1-2-14-41-45-39-28-27-36(44)29-40(39)49(41)30-31-23-25-32(26-24-31)37-21-12-13-22-38(37)42-46-47-48-50(42)43(33-15-6-3-7-16-33,34-17-8-4-9-18-34)35-19-10-5-11-20-35/h3-13,15-29H,2,14,30,44H2,1H3. The smallest absolute Gasteiger partial charge is 0.184 e. The Morgan fingerprint density at radius 2 is 1.22 bits per heavy atom. The van der Waals surface area contributed by atoms with Crippen LogP contribution in [0.3, 0.4) is 0 Å². The van der Waals surface area contributed by atoms with Crippen molar-refractivity contribution in [3.05, 3.63) is 186 Å². The number of hydrogen-bond acceptors (Lipinski definition) is 5. The second-order valence-corrected chi connectivity index (χ2v) is 12.6. The molecule has 0 spiro atoms. The molecule has 0 amide bonds. The largest absolute Gasteiger partial charge is 0.399 e. The molecule has 2 aromatic heterocycles. The quantitative estimate of drug-likeness (QED) is 0.118. The number of nitrogens with zero attached hydrogens (tertiary/aromatic N) is 6. The predicted octanol–water partition coefficient (Wildman–Crippen LogP) is 8.78. The van der Waals surface area contributed by atoms with E-state index in [1.165, 1.54) is 5.56 Å². The maximum absolute atomic E-state index is 6.19. The summed E-state index contributed by atoms with van der Waals surface area (Å²) in [5.41, 5.74) is 15.6. The van der Waals surface area contributed by atoms with Crippen LogP contribution in [0.2, 0.25) is 0 Å². The van der Waals surface area contributed by atoms with Gasteiger partial charge in [0.25, 0.3) is 0 Å². The molecule has 244 valence electrons. The Hall–Kier alpha value is -6.34. The Kier molecular flexibility index (Phi) is 8.22. The zero-order valence-corrected chi connectivity index (χ0v) is 27.9. The lowest BCUT2D eigenvalue weighted by atomic mass is 9.77. The first-order valence-electron chi connectivity index (χ1n) is 17.1. The number of anilines is 1. The van der Waals surface area contributed by atoms with E-state index in [0.29, 0.717) is 12.4 Å². The Morgan fingerprint density at radius 1 is 0.640 bits per heavy atom. The third-order valence-electron chi connectivity index (χ3n) is 9.46. The van der Waals surface area contributed by atoms with Gasteiger partial charge in [-0.2, -0.15) is 0 Å². The summed E-state index contributed by atoms with van der Waals surface area (Å²) in [6, 6.07) is 54.6. The molecule has 6 aromatic carbocycles. The van der Waals surface area contributed by atoms with E-state index in [1.807, 2.05) is 47.1 Å². The highest BCUT2D eigenvalue weighted by molar-refractivity contribution is 5.82. The highest BCUT2D eigenvalue weighted by Gasteiger charge is 2.42. The van der Waals surface area contributed by atoms with E-state index in [2.05, 4.69) is 132 Å². The van der Waals surface area contributed by atoms with E-state index in [-0.39, 0.29) is 0 Å². The zero-order chi connectivity index (χ0) is 33.9. The summed E-state index contributed by atoms with van der Waals surface area (Å²) in [5, 5.41) is 13.8. The van der Waals surface area contributed by atoms with Crippen molar-refractivity contribution < 1.29 is 0 Å². The lowest BCUT2D eigenvalue weighted by Gasteiger charge is -2.36. The van der Waals surface area contributed by atoms with E-state index >= 15 is 0 Å². The maximum Gasteiger partial charge on any atom is 0.184 e. The number of tetrazole rings is 1. The van der Waals surface area contributed by atoms with Crippen molar-refractivity contribution in [3.8, 4) is 22.5 Å². The minimum atomic E-state index is -0.841. The molecule has 0 aliphatic rings. The molecule has 2 heterocycles. The molecule has 2 N–H and O–H groups in total. The van der Waals surface area contributed by atoms with Crippen LogP contribution in [0.5, 0.6) is 0 Å². The van der Waals surface area contributed by atoms with E-state index in [0.717, 1.165) is 68.8 Å². The normalized spacial score (nSPS) is 11.6. The van der Waals surface area contributed by atoms with Gasteiger partial charge in [-0.05, 0) is 68.4 Å². The number of fused-ring (bicyclic) bond motifs is 1. The van der Waals surface area contributed by atoms with Gasteiger partial charge in [0.2, 0.25) is 0 Å². The number of nitrogens with two attached hydrogens (primary N) is 1. The van der Waals surface area contributed by atoms with Crippen molar-refractivity contribution >= 4 is 16.7 Å². The van der Waals surface area contributed by atoms with Crippen molar-refractivity contribution in [1.29, 1.82) is 0 Å². The topological polar surface area (TPSA) is 87.4 Å². The Balaban J connectivity index is 1.24. The summed E-state index contributed by atoms with van der Waals surface area (Å²) >= 11 is 0. The van der Waals surface area contributed by atoms with Crippen LogP contribution >= 0.6 is 0 Å². The molecule has 0 radical (unpaired) electrons. The van der Waals surface area contributed by atoms with Crippen LogP contribution in [0, 0.1) is 0 Å². The molecule has 7 nitrogen and oxygen atoms in total. The fraction of sp³-hybridized carbons (Fsp3) is 0.116. The molecule has 0 unspecified atom stereocenters.